The third-order valence-electron chi connectivity index (χ3n) is 4.64. The number of benzene rings is 2. The van der Waals surface area contributed by atoms with Crippen LogP contribution < -0.4 is 15.7 Å². The van der Waals surface area contributed by atoms with E-state index in [4.69, 9.17) is 4.74 Å². The van der Waals surface area contributed by atoms with Gasteiger partial charge in [-0.15, -0.1) is 0 Å². The first kappa shape index (κ1) is 20.1. The smallest absolute Gasteiger partial charge is 0.280 e. The molecule has 2 aromatic carbocycles. The Kier molecular flexibility index (Phi) is 5.97. The molecule has 0 aliphatic carbocycles. The van der Waals surface area contributed by atoms with Gasteiger partial charge in [0, 0.05) is 5.69 Å². The Balaban J connectivity index is 1.68. The molecule has 0 spiro atoms. The summed E-state index contributed by atoms with van der Waals surface area (Å²) in [5.41, 5.74) is 6.70. The molecule has 2 N–H and O–H groups in total. The zero-order valence-corrected chi connectivity index (χ0v) is 16.9. The predicted molar refractivity (Wildman–Crippen MR) is 113 cm³/mol. The predicted octanol–water partition coefficient (Wildman–Crippen LogP) is 3.01. The van der Waals surface area contributed by atoms with Crippen molar-refractivity contribution in [3.63, 3.8) is 0 Å². The Morgan fingerprint density at radius 1 is 1.10 bits per heavy atom. The van der Waals surface area contributed by atoms with Crippen molar-refractivity contribution in [1.29, 1.82) is 0 Å². The van der Waals surface area contributed by atoms with Crippen molar-refractivity contribution >= 4 is 11.6 Å². The summed E-state index contributed by atoms with van der Waals surface area (Å²) < 4.78 is 6.95. The number of aromatic amines is 1. The first-order chi connectivity index (χ1) is 13.9. The van der Waals surface area contributed by atoms with Crippen LogP contribution in [0, 0.1) is 20.8 Å². The lowest BCUT2D eigenvalue weighted by atomic mass is 10.1. The Bertz CT molecular complexity index is 1110. The molecular formula is C22H24N4O3. The number of nitrogens with zero attached hydrogens (tertiary/aromatic N) is 2. The highest BCUT2D eigenvalue weighted by atomic mass is 16.5. The Labute approximate surface area is 169 Å². The van der Waals surface area contributed by atoms with Crippen LogP contribution >= 0.6 is 0 Å². The number of aromatic nitrogens is 2. The molecule has 1 aromatic heterocycles. The second-order valence-electron chi connectivity index (χ2n) is 6.85. The molecule has 3 aromatic rings. The minimum absolute atomic E-state index is 0.167. The van der Waals surface area contributed by atoms with Crippen LogP contribution in [0.3, 0.4) is 0 Å². The minimum Gasteiger partial charge on any atom is -0.484 e. The van der Waals surface area contributed by atoms with Crippen molar-refractivity contribution in [2.24, 2.45) is 5.10 Å². The van der Waals surface area contributed by atoms with Crippen LogP contribution in [0.2, 0.25) is 0 Å². The van der Waals surface area contributed by atoms with E-state index in [1.165, 1.54) is 4.68 Å². The number of hydrazone groups is 1. The van der Waals surface area contributed by atoms with Crippen molar-refractivity contribution in [2.45, 2.75) is 27.7 Å². The largest absolute Gasteiger partial charge is 0.484 e. The summed E-state index contributed by atoms with van der Waals surface area (Å²) in [5, 5.41) is 7.11. The molecule has 0 fully saturated rings. The first-order valence-corrected chi connectivity index (χ1v) is 9.27. The SMILES string of the molecule is C/C(=N\NC(=O)COc1ccc(C)c(C)c1)c1c(C)[nH]n(-c2ccccc2)c1=O. The zero-order valence-electron chi connectivity index (χ0n) is 16.9. The third-order valence-corrected chi connectivity index (χ3v) is 4.64. The molecule has 0 unspecified atom stereocenters. The molecule has 0 aliphatic rings. The van der Waals surface area contributed by atoms with E-state index in [0.29, 0.717) is 22.7 Å². The van der Waals surface area contributed by atoms with Gasteiger partial charge in [-0.25, -0.2) is 10.1 Å². The quantitative estimate of drug-likeness (QED) is 0.499. The number of H-pyrrole nitrogens is 1. The summed E-state index contributed by atoms with van der Waals surface area (Å²) in [6, 6.07) is 14.9. The molecule has 0 atom stereocenters. The number of carbonyl (C=O) groups excluding carboxylic acids is 1. The maximum absolute atomic E-state index is 12.8. The molecule has 3 rings (SSSR count). The van der Waals surface area contributed by atoms with Gasteiger partial charge in [0.1, 0.15) is 5.75 Å². The van der Waals surface area contributed by atoms with Crippen molar-refractivity contribution in [3.8, 4) is 11.4 Å². The molecule has 0 radical (unpaired) electrons. The highest BCUT2D eigenvalue weighted by Crippen LogP contribution is 2.16. The van der Waals surface area contributed by atoms with Gasteiger partial charge < -0.3 is 4.74 Å². The van der Waals surface area contributed by atoms with E-state index in [9.17, 15) is 9.59 Å². The Morgan fingerprint density at radius 3 is 2.52 bits per heavy atom. The fourth-order valence-electron chi connectivity index (χ4n) is 2.92. The molecule has 150 valence electrons. The summed E-state index contributed by atoms with van der Waals surface area (Å²) in [4.78, 5) is 24.8. The molecule has 0 saturated carbocycles. The first-order valence-electron chi connectivity index (χ1n) is 9.27. The monoisotopic (exact) mass is 392 g/mol. The highest BCUT2D eigenvalue weighted by molar-refractivity contribution is 6.00. The number of rotatable bonds is 6. The van der Waals surface area contributed by atoms with Crippen molar-refractivity contribution in [2.75, 3.05) is 6.61 Å². The van der Waals surface area contributed by atoms with Gasteiger partial charge in [-0.3, -0.25) is 14.7 Å². The average molecular weight is 392 g/mol. The van der Waals surface area contributed by atoms with Gasteiger partial charge >= 0.3 is 0 Å². The number of aryl methyl sites for hydroxylation is 3. The van der Waals surface area contributed by atoms with Crippen LogP contribution in [0.25, 0.3) is 5.69 Å². The van der Waals surface area contributed by atoms with Crippen LogP contribution in [-0.2, 0) is 4.79 Å². The second kappa shape index (κ2) is 8.60. The van der Waals surface area contributed by atoms with E-state index >= 15 is 0 Å². The summed E-state index contributed by atoms with van der Waals surface area (Å²) in [7, 11) is 0. The molecule has 7 heteroatoms. The molecule has 0 saturated heterocycles. The fourth-order valence-corrected chi connectivity index (χ4v) is 2.92. The van der Waals surface area contributed by atoms with Crippen LogP contribution in [0.15, 0.2) is 58.4 Å². The summed E-state index contributed by atoms with van der Waals surface area (Å²) in [5.74, 6) is 0.218. The lowest BCUT2D eigenvalue weighted by molar-refractivity contribution is -0.123. The van der Waals surface area contributed by atoms with E-state index in [2.05, 4.69) is 15.6 Å². The number of nitrogens with one attached hydrogen (secondary N) is 2. The van der Waals surface area contributed by atoms with Gasteiger partial charge in [-0.05, 0) is 63.1 Å². The molecule has 0 bridgehead atoms. The lowest BCUT2D eigenvalue weighted by Crippen LogP contribution is -2.27. The van der Waals surface area contributed by atoms with Gasteiger partial charge in [-0.2, -0.15) is 5.10 Å². The zero-order chi connectivity index (χ0) is 21.0. The lowest BCUT2D eigenvalue weighted by Gasteiger charge is -2.07. The summed E-state index contributed by atoms with van der Waals surface area (Å²) >= 11 is 0. The maximum Gasteiger partial charge on any atom is 0.280 e. The standard InChI is InChI=1S/C22H24N4O3/c1-14-10-11-19(12-15(14)2)29-13-20(27)24-23-16(3)21-17(4)25-26(22(21)28)18-8-6-5-7-9-18/h5-12,25H,13H2,1-4H3,(H,24,27)/b23-16+. The van der Waals surface area contributed by atoms with E-state index in [1.54, 1.807) is 13.8 Å². The van der Waals surface area contributed by atoms with Crippen LogP contribution in [-0.4, -0.2) is 28.0 Å². The maximum atomic E-state index is 12.8. The van der Waals surface area contributed by atoms with Crippen molar-refractivity contribution in [1.82, 2.24) is 15.2 Å². The highest BCUT2D eigenvalue weighted by Gasteiger charge is 2.15. The molecule has 1 amide bonds. The van der Waals surface area contributed by atoms with Gasteiger partial charge in [0.25, 0.3) is 11.5 Å². The number of para-hydroxylation sites is 1. The number of hydrogen-bond donors (Lipinski definition) is 2. The van der Waals surface area contributed by atoms with E-state index in [-0.39, 0.29) is 12.2 Å². The van der Waals surface area contributed by atoms with Gasteiger partial charge in [-0.1, -0.05) is 24.3 Å². The summed E-state index contributed by atoms with van der Waals surface area (Å²) in [6.07, 6.45) is 0. The Morgan fingerprint density at radius 2 is 1.83 bits per heavy atom. The van der Waals surface area contributed by atoms with Gasteiger partial charge in [0.15, 0.2) is 6.61 Å². The number of carbonyl (C=O) groups is 1. The Hall–Kier alpha value is -3.61. The molecular weight excluding hydrogens is 368 g/mol. The van der Waals surface area contributed by atoms with E-state index in [0.717, 1.165) is 16.8 Å². The number of hydrogen-bond acceptors (Lipinski definition) is 4. The normalized spacial score (nSPS) is 11.4. The minimum atomic E-state index is -0.404. The van der Waals surface area contributed by atoms with Crippen molar-refractivity contribution in [3.05, 3.63) is 81.3 Å². The number of ether oxygens (including phenoxy) is 1. The third kappa shape index (κ3) is 4.63. The van der Waals surface area contributed by atoms with Gasteiger partial charge in [0.05, 0.1) is 17.0 Å². The van der Waals surface area contributed by atoms with Crippen LogP contribution in [0.4, 0.5) is 0 Å². The molecule has 29 heavy (non-hydrogen) atoms. The molecule has 1 heterocycles. The van der Waals surface area contributed by atoms with Gasteiger partial charge in [0.2, 0.25) is 0 Å². The molecule has 0 aliphatic heterocycles. The van der Waals surface area contributed by atoms with E-state index < -0.39 is 5.91 Å². The molecule has 7 nitrogen and oxygen atoms in total. The second-order valence-corrected chi connectivity index (χ2v) is 6.85. The van der Waals surface area contributed by atoms with Crippen LogP contribution in [0.1, 0.15) is 29.3 Å². The van der Waals surface area contributed by atoms with Crippen LogP contribution in [0.5, 0.6) is 5.75 Å². The topological polar surface area (TPSA) is 88.5 Å². The van der Waals surface area contributed by atoms with E-state index in [1.807, 2.05) is 62.4 Å². The average Bonchev–Trinajstić information content (AvgIpc) is 3.02. The fraction of sp³-hybridized carbons (Fsp3) is 0.227. The number of amides is 1. The summed E-state index contributed by atoms with van der Waals surface area (Å²) in [6.45, 7) is 7.30. The van der Waals surface area contributed by atoms with Crippen molar-refractivity contribution < 1.29 is 9.53 Å².